The Morgan fingerprint density at radius 3 is 2.58 bits per heavy atom. The summed E-state index contributed by atoms with van der Waals surface area (Å²) < 4.78 is 12.3. The second kappa shape index (κ2) is 9.84. The van der Waals surface area contributed by atoms with Gasteiger partial charge >= 0.3 is 12.1 Å². The molecule has 0 fully saturated rings. The summed E-state index contributed by atoms with van der Waals surface area (Å²) in [7, 11) is 0. The van der Waals surface area contributed by atoms with Crippen LogP contribution in [-0.4, -0.2) is 73.9 Å². The van der Waals surface area contributed by atoms with Gasteiger partial charge in [0, 0.05) is 11.8 Å². The maximum atomic E-state index is 12.8. The Kier molecular flexibility index (Phi) is 7.14. The smallest absolute Gasteiger partial charge is 0.416 e. The highest BCUT2D eigenvalue weighted by Crippen LogP contribution is 2.30. The molecule has 2 aromatic heterocycles. The van der Waals surface area contributed by atoms with Gasteiger partial charge in [-0.25, -0.2) is 19.1 Å². The summed E-state index contributed by atoms with van der Waals surface area (Å²) in [4.78, 5) is 29.9. The third-order valence-electron chi connectivity index (χ3n) is 4.48. The van der Waals surface area contributed by atoms with Crippen LogP contribution in [0, 0.1) is 0 Å². The van der Waals surface area contributed by atoms with Crippen molar-refractivity contribution in [3.8, 4) is 16.9 Å². The van der Waals surface area contributed by atoms with E-state index in [9.17, 15) is 14.7 Å². The van der Waals surface area contributed by atoms with Crippen LogP contribution < -0.4 is 4.90 Å². The van der Waals surface area contributed by atoms with Gasteiger partial charge < -0.3 is 24.8 Å². The van der Waals surface area contributed by atoms with Crippen LogP contribution in [0.1, 0.15) is 31.1 Å². The van der Waals surface area contributed by atoms with Gasteiger partial charge in [0.25, 0.3) is 0 Å². The van der Waals surface area contributed by atoms with Crippen LogP contribution in [0.4, 0.5) is 10.6 Å². The lowest BCUT2D eigenvalue weighted by Gasteiger charge is -2.26. The van der Waals surface area contributed by atoms with Crippen LogP contribution in [0.15, 0.2) is 36.7 Å². The number of hydrogen-bond acceptors (Lipinski definition) is 8. The first-order valence-corrected chi connectivity index (χ1v) is 10.2. The molecule has 3 aromatic rings. The highest BCUT2D eigenvalue weighted by atomic mass is 16.6. The Labute approximate surface area is 189 Å². The molecule has 11 nitrogen and oxygen atoms in total. The Hall–Kier alpha value is -3.70. The number of nitrogens with zero attached hydrogens (tertiary/aromatic N) is 4. The zero-order valence-corrected chi connectivity index (χ0v) is 18.6. The maximum absolute atomic E-state index is 12.8. The van der Waals surface area contributed by atoms with Crippen molar-refractivity contribution in [2.45, 2.75) is 26.4 Å². The molecule has 3 N–H and O–H groups in total. The van der Waals surface area contributed by atoms with Gasteiger partial charge in [0.2, 0.25) is 0 Å². The Morgan fingerprint density at radius 1 is 1.18 bits per heavy atom. The summed E-state index contributed by atoms with van der Waals surface area (Å²) >= 11 is 0. The number of carboxylic acids is 1. The molecule has 0 aliphatic heterocycles. The predicted octanol–water partition coefficient (Wildman–Crippen LogP) is 2.55. The van der Waals surface area contributed by atoms with Crippen molar-refractivity contribution in [1.82, 2.24) is 14.6 Å². The normalized spacial score (nSPS) is 11.5. The van der Waals surface area contributed by atoms with Gasteiger partial charge in [-0.15, -0.1) is 0 Å². The Morgan fingerprint density at radius 2 is 1.94 bits per heavy atom. The van der Waals surface area contributed by atoms with E-state index in [1.54, 1.807) is 39.1 Å². The monoisotopic (exact) mass is 458 g/mol. The van der Waals surface area contributed by atoms with E-state index < -0.39 is 17.7 Å². The summed E-state index contributed by atoms with van der Waals surface area (Å²) in [6.45, 7) is 5.55. The van der Waals surface area contributed by atoms with Crippen molar-refractivity contribution in [3.05, 3.63) is 42.2 Å². The second-order valence-corrected chi connectivity index (χ2v) is 8.12. The molecule has 0 atom stereocenters. The second-order valence-electron chi connectivity index (χ2n) is 8.12. The summed E-state index contributed by atoms with van der Waals surface area (Å²) in [5.74, 6) is -1.33. The maximum Gasteiger partial charge on any atom is 0.416 e. The van der Waals surface area contributed by atoms with Crippen molar-refractivity contribution < 1.29 is 34.4 Å². The number of phenols is 1. The van der Waals surface area contributed by atoms with Crippen LogP contribution in [0.3, 0.4) is 0 Å². The molecule has 0 saturated heterocycles. The molecule has 0 spiro atoms. The molecule has 0 saturated carbocycles. The molecule has 3 rings (SSSR count). The number of ether oxygens (including phenoxy) is 2. The summed E-state index contributed by atoms with van der Waals surface area (Å²) in [6.07, 6.45) is 2.54. The molecular formula is C22H26N4O7. The first-order valence-electron chi connectivity index (χ1n) is 10.2. The van der Waals surface area contributed by atoms with Crippen LogP contribution >= 0.6 is 0 Å². The molecule has 0 unspecified atom stereocenters. The number of hydrogen-bond donors (Lipinski definition) is 3. The summed E-state index contributed by atoms with van der Waals surface area (Å²) in [5.41, 5.74) is 0.482. The Bertz CT molecular complexity index is 1150. The lowest BCUT2D eigenvalue weighted by molar-refractivity contribution is 0.0546. The van der Waals surface area contributed by atoms with E-state index in [2.05, 4.69) is 10.1 Å². The van der Waals surface area contributed by atoms with E-state index in [0.29, 0.717) is 16.8 Å². The minimum Gasteiger partial charge on any atom is -0.507 e. The SMILES string of the molecule is CC(C)(C)OC(=O)N(CCOCCO)c1ccn2ncc(-c3ccc(C(=O)O)c(O)c3)c2n1. The minimum atomic E-state index is -1.24. The van der Waals surface area contributed by atoms with E-state index in [1.807, 2.05) is 0 Å². The molecule has 0 aliphatic rings. The predicted molar refractivity (Wildman–Crippen MR) is 119 cm³/mol. The molecule has 0 radical (unpaired) electrons. The van der Waals surface area contributed by atoms with Crippen LogP contribution in [0.5, 0.6) is 5.75 Å². The molecule has 1 aromatic carbocycles. The molecular weight excluding hydrogens is 432 g/mol. The average Bonchev–Trinajstić information content (AvgIpc) is 3.15. The van der Waals surface area contributed by atoms with Crippen LogP contribution in [0.2, 0.25) is 0 Å². The summed E-state index contributed by atoms with van der Waals surface area (Å²) in [6, 6.07) is 5.77. The zero-order chi connectivity index (χ0) is 24.2. The number of benzene rings is 1. The number of amides is 1. The number of aliphatic hydroxyl groups is 1. The molecule has 0 bridgehead atoms. The van der Waals surface area contributed by atoms with E-state index in [0.717, 1.165) is 0 Å². The highest BCUT2D eigenvalue weighted by Gasteiger charge is 2.25. The number of carbonyl (C=O) groups is 2. The number of aromatic nitrogens is 3. The highest BCUT2D eigenvalue weighted by molar-refractivity contribution is 5.92. The number of aromatic carboxylic acids is 1. The quantitative estimate of drug-likeness (QED) is 0.433. The topological polar surface area (TPSA) is 147 Å². The van der Waals surface area contributed by atoms with Gasteiger partial charge in [0.1, 0.15) is 22.7 Å². The molecule has 0 aliphatic carbocycles. The van der Waals surface area contributed by atoms with E-state index >= 15 is 0 Å². The molecule has 2 heterocycles. The van der Waals surface area contributed by atoms with Crippen molar-refractivity contribution in [2.24, 2.45) is 0 Å². The fraction of sp³-hybridized carbons (Fsp3) is 0.364. The number of anilines is 1. The van der Waals surface area contributed by atoms with Gasteiger partial charge in [-0.1, -0.05) is 6.07 Å². The third kappa shape index (κ3) is 5.76. The number of fused-ring (bicyclic) bond motifs is 1. The molecule has 176 valence electrons. The fourth-order valence-electron chi connectivity index (χ4n) is 3.03. The Balaban J connectivity index is 1.99. The molecule has 1 amide bonds. The lowest BCUT2D eigenvalue weighted by Crippen LogP contribution is -2.39. The fourth-order valence-corrected chi connectivity index (χ4v) is 3.03. The molecule has 11 heteroatoms. The van der Waals surface area contributed by atoms with Gasteiger partial charge in [-0.2, -0.15) is 5.10 Å². The third-order valence-corrected chi connectivity index (χ3v) is 4.48. The number of aromatic hydroxyl groups is 1. The standard InChI is InChI=1S/C22H26N4O7/c1-22(2,3)33-21(31)25(8-10-32-11-9-27)18-6-7-26-19(24-18)16(13-23-26)14-4-5-15(20(29)30)17(28)12-14/h4-7,12-13,27-28H,8-11H2,1-3H3,(H,29,30). The van der Waals surface area contributed by atoms with Crippen LogP contribution in [-0.2, 0) is 9.47 Å². The van der Waals surface area contributed by atoms with Crippen LogP contribution in [0.25, 0.3) is 16.8 Å². The van der Waals surface area contributed by atoms with E-state index in [-0.39, 0.29) is 43.5 Å². The van der Waals surface area contributed by atoms with Crippen molar-refractivity contribution in [1.29, 1.82) is 0 Å². The van der Waals surface area contributed by atoms with Gasteiger partial charge in [0.05, 0.1) is 32.6 Å². The zero-order valence-electron chi connectivity index (χ0n) is 18.6. The lowest BCUT2D eigenvalue weighted by atomic mass is 10.1. The summed E-state index contributed by atoms with van der Waals surface area (Å²) in [5, 5.41) is 32.3. The van der Waals surface area contributed by atoms with E-state index in [1.165, 1.54) is 27.7 Å². The molecule has 33 heavy (non-hydrogen) atoms. The van der Waals surface area contributed by atoms with Crippen molar-refractivity contribution in [2.75, 3.05) is 31.3 Å². The minimum absolute atomic E-state index is 0.135. The van der Waals surface area contributed by atoms with Gasteiger partial charge in [0.15, 0.2) is 5.65 Å². The largest absolute Gasteiger partial charge is 0.507 e. The number of aliphatic hydroxyl groups excluding tert-OH is 1. The average molecular weight is 458 g/mol. The van der Waals surface area contributed by atoms with Gasteiger partial charge in [-0.05, 0) is 44.5 Å². The number of rotatable bonds is 8. The van der Waals surface area contributed by atoms with Crippen molar-refractivity contribution >= 4 is 23.5 Å². The van der Waals surface area contributed by atoms with Gasteiger partial charge in [-0.3, -0.25) is 4.90 Å². The number of carboxylic acid groups (broad SMARTS) is 1. The van der Waals surface area contributed by atoms with E-state index in [4.69, 9.17) is 19.7 Å². The first-order chi connectivity index (χ1) is 15.6. The number of carbonyl (C=O) groups excluding carboxylic acids is 1. The first kappa shape index (κ1) is 24.0. The van der Waals surface area contributed by atoms with Crippen molar-refractivity contribution in [3.63, 3.8) is 0 Å².